The highest BCUT2D eigenvalue weighted by Crippen LogP contribution is 2.28. The van der Waals surface area contributed by atoms with Gasteiger partial charge in [-0.25, -0.2) is 4.98 Å². The third-order valence-electron chi connectivity index (χ3n) is 6.09. The maximum absolute atomic E-state index is 13.3. The van der Waals surface area contributed by atoms with Gasteiger partial charge in [-0.05, 0) is 53.9 Å². The highest BCUT2D eigenvalue weighted by atomic mass is 16.5. The Morgan fingerprint density at radius 3 is 2.56 bits per heavy atom. The van der Waals surface area contributed by atoms with Crippen molar-refractivity contribution >= 4 is 16.8 Å². The van der Waals surface area contributed by atoms with Gasteiger partial charge in [0.25, 0.3) is 5.91 Å². The lowest BCUT2D eigenvalue weighted by atomic mass is 9.97. The zero-order chi connectivity index (χ0) is 22.5. The maximum atomic E-state index is 13.3. The standard InChI is InChI=1S/C26H31N3O3/c1-18(2)20-6-9-24-22(16-20)23(26(30)27-10-11-29-12-14-32-15-13-29)17-25(28-24)19-4-7-21(31-3)8-5-19/h4-9,16-18H,10-15H2,1-3H3,(H,27,30)/p+1. The first-order valence-corrected chi connectivity index (χ1v) is 11.3. The second-order valence-electron chi connectivity index (χ2n) is 8.58. The van der Waals surface area contributed by atoms with Crippen LogP contribution in [-0.2, 0) is 4.74 Å². The van der Waals surface area contributed by atoms with Crippen molar-refractivity contribution in [3.05, 3.63) is 59.7 Å². The molecule has 0 bridgehead atoms. The molecule has 0 radical (unpaired) electrons. The van der Waals surface area contributed by atoms with Crippen molar-refractivity contribution in [1.82, 2.24) is 10.3 Å². The molecule has 6 nitrogen and oxygen atoms in total. The Bertz CT molecular complexity index is 1070. The van der Waals surface area contributed by atoms with Gasteiger partial charge in [0, 0.05) is 10.9 Å². The van der Waals surface area contributed by atoms with Crippen molar-refractivity contribution < 1.29 is 19.2 Å². The summed E-state index contributed by atoms with van der Waals surface area (Å²) in [6.45, 7) is 9.43. The highest BCUT2D eigenvalue weighted by molar-refractivity contribution is 6.07. The van der Waals surface area contributed by atoms with E-state index in [1.165, 1.54) is 10.5 Å². The summed E-state index contributed by atoms with van der Waals surface area (Å²) in [7, 11) is 1.65. The second-order valence-corrected chi connectivity index (χ2v) is 8.58. The molecule has 2 N–H and O–H groups in total. The van der Waals surface area contributed by atoms with Crippen molar-refractivity contribution in [2.24, 2.45) is 0 Å². The number of rotatable bonds is 7. The molecule has 0 unspecified atom stereocenters. The number of nitrogens with one attached hydrogen (secondary N) is 2. The minimum Gasteiger partial charge on any atom is -0.497 e. The molecule has 0 aliphatic carbocycles. The number of amides is 1. The topological polar surface area (TPSA) is 64.9 Å². The van der Waals surface area contributed by atoms with Gasteiger partial charge in [-0.3, -0.25) is 4.79 Å². The molecular formula is C26H32N3O3+. The van der Waals surface area contributed by atoms with Gasteiger partial charge in [0.2, 0.25) is 0 Å². The van der Waals surface area contributed by atoms with Crippen LogP contribution in [0.5, 0.6) is 5.75 Å². The molecule has 0 atom stereocenters. The van der Waals surface area contributed by atoms with Crippen LogP contribution >= 0.6 is 0 Å². The van der Waals surface area contributed by atoms with Gasteiger partial charge >= 0.3 is 0 Å². The van der Waals surface area contributed by atoms with Crippen LogP contribution < -0.4 is 15.0 Å². The summed E-state index contributed by atoms with van der Waals surface area (Å²) < 4.78 is 10.7. The molecule has 1 aliphatic heterocycles. The fraction of sp³-hybridized carbons (Fsp3) is 0.385. The molecule has 2 aromatic carbocycles. The summed E-state index contributed by atoms with van der Waals surface area (Å²) >= 11 is 0. The van der Waals surface area contributed by atoms with Crippen LogP contribution in [0.2, 0.25) is 0 Å². The van der Waals surface area contributed by atoms with Crippen LogP contribution in [0.3, 0.4) is 0 Å². The van der Waals surface area contributed by atoms with E-state index >= 15 is 0 Å². The minimum atomic E-state index is -0.0549. The van der Waals surface area contributed by atoms with E-state index in [9.17, 15) is 4.79 Å². The zero-order valence-corrected chi connectivity index (χ0v) is 19.1. The Morgan fingerprint density at radius 1 is 1.12 bits per heavy atom. The summed E-state index contributed by atoms with van der Waals surface area (Å²) in [4.78, 5) is 19.6. The van der Waals surface area contributed by atoms with Crippen LogP contribution in [0.4, 0.5) is 0 Å². The molecule has 0 spiro atoms. The maximum Gasteiger partial charge on any atom is 0.252 e. The average molecular weight is 435 g/mol. The van der Waals surface area contributed by atoms with Crippen molar-refractivity contribution in [2.75, 3.05) is 46.5 Å². The summed E-state index contributed by atoms with van der Waals surface area (Å²) in [5, 5.41) is 4.03. The molecule has 1 amide bonds. The molecule has 32 heavy (non-hydrogen) atoms. The van der Waals surface area contributed by atoms with Gasteiger partial charge in [0.1, 0.15) is 18.8 Å². The number of hydrogen-bond donors (Lipinski definition) is 2. The fourth-order valence-electron chi connectivity index (χ4n) is 4.06. The first kappa shape index (κ1) is 22.2. The van der Waals surface area contributed by atoms with Crippen molar-refractivity contribution in [3.63, 3.8) is 0 Å². The average Bonchev–Trinajstić information content (AvgIpc) is 2.83. The first-order valence-electron chi connectivity index (χ1n) is 11.3. The van der Waals surface area contributed by atoms with E-state index in [1.807, 2.05) is 36.4 Å². The van der Waals surface area contributed by atoms with Crippen molar-refractivity contribution in [2.45, 2.75) is 19.8 Å². The van der Waals surface area contributed by atoms with Crippen LogP contribution in [0.15, 0.2) is 48.5 Å². The summed E-state index contributed by atoms with van der Waals surface area (Å²) in [6.07, 6.45) is 0. The number of carbonyl (C=O) groups is 1. The number of pyridine rings is 1. The molecule has 2 heterocycles. The molecule has 0 saturated carbocycles. The van der Waals surface area contributed by atoms with E-state index in [2.05, 4.69) is 31.3 Å². The van der Waals surface area contributed by atoms with Crippen molar-refractivity contribution in [3.8, 4) is 17.0 Å². The van der Waals surface area contributed by atoms with Crippen LogP contribution in [0, 0.1) is 0 Å². The number of ether oxygens (including phenoxy) is 2. The number of fused-ring (bicyclic) bond motifs is 1. The quantitative estimate of drug-likeness (QED) is 0.600. The summed E-state index contributed by atoms with van der Waals surface area (Å²) in [5.41, 5.74) is 4.42. The molecule has 168 valence electrons. The van der Waals surface area contributed by atoms with E-state index in [0.717, 1.165) is 60.8 Å². The number of morpholine rings is 1. The summed E-state index contributed by atoms with van der Waals surface area (Å²) in [6, 6.07) is 15.9. The van der Waals surface area contributed by atoms with E-state index < -0.39 is 0 Å². The Hall–Kier alpha value is -2.96. The Kier molecular flexibility index (Phi) is 7.02. The van der Waals surface area contributed by atoms with Gasteiger partial charge in [-0.15, -0.1) is 0 Å². The molecule has 1 saturated heterocycles. The van der Waals surface area contributed by atoms with E-state index in [1.54, 1.807) is 7.11 Å². The summed E-state index contributed by atoms with van der Waals surface area (Å²) in [5.74, 6) is 1.11. The normalized spacial score (nSPS) is 14.6. The van der Waals surface area contributed by atoms with Gasteiger partial charge in [0.15, 0.2) is 0 Å². The number of methoxy groups -OCH3 is 1. The first-order chi connectivity index (χ1) is 15.5. The fourth-order valence-corrected chi connectivity index (χ4v) is 4.06. The monoisotopic (exact) mass is 434 g/mol. The van der Waals surface area contributed by atoms with E-state index in [-0.39, 0.29) is 5.91 Å². The minimum absolute atomic E-state index is 0.0549. The van der Waals surface area contributed by atoms with Gasteiger partial charge in [0.05, 0.1) is 50.2 Å². The lowest BCUT2D eigenvalue weighted by Gasteiger charge is -2.23. The second kappa shape index (κ2) is 10.1. The molecule has 1 fully saturated rings. The van der Waals surface area contributed by atoms with Crippen LogP contribution in [-0.4, -0.2) is 57.4 Å². The number of nitrogens with zero attached hydrogens (tertiary/aromatic N) is 1. The molecule has 1 aromatic heterocycles. The number of aromatic nitrogens is 1. The molecule has 3 aromatic rings. The Balaban J connectivity index is 1.64. The SMILES string of the molecule is COc1ccc(-c2cc(C(=O)NCC[NH+]3CCOCC3)c3cc(C(C)C)ccc3n2)cc1. The van der Waals surface area contributed by atoms with Gasteiger partial charge in [-0.2, -0.15) is 0 Å². The predicted octanol–water partition coefficient (Wildman–Crippen LogP) is 2.68. The zero-order valence-electron chi connectivity index (χ0n) is 19.1. The number of carbonyl (C=O) groups excluding carboxylic acids is 1. The van der Waals surface area contributed by atoms with Crippen LogP contribution in [0.1, 0.15) is 35.7 Å². The Morgan fingerprint density at radius 2 is 1.88 bits per heavy atom. The predicted molar refractivity (Wildman–Crippen MR) is 127 cm³/mol. The molecule has 1 aliphatic rings. The van der Waals surface area contributed by atoms with E-state index in [0.29, 0.717) is 18.0 Å². The molecular weight excluding hydrogens is 402 g/mol. The molecule has 6 heteroatoms. The third-order valence-corrected chi connectivity index (χ3v) is 6.09. The van der Waals surface area contributed by atoms with Gasteiger partial charge < -0.3 is 19.7 Å². The number of quaternary nitrogens is 1. The highest BCUT2D eigenvalue weighted by Gasteiger charge is 2.17. The largest absolute Gasteiger partial charge is 0.497 e. The molecule has 4 rings (SSSR count). The number of benzene rings is 2. The van der Waals surface area contributed by atoms with Crippen LogP contribution in [0.25, 0.3) is 22.2 Å². The smallest absolute Gasteiger partial charge is 0.252 e. The number of hydrogen-bond acceptors (Lipinski definition) is 4. The lowest BCUT2D eigenvalue weighted by molar-refractivity contribution is -0.906. The Labute approximate surface area is 189 Å². The van der Waals surface area contributed by atoms with Gasteiger partial charge in [-0.1, -0.05) is 19.9 Å². The van der Waals surface area contributed by atoms with E-state index in [4.69, 9.17) is 14.5 Å². The lowest BCUT2D eigenvalue weighted by Crippen LogP contribution is -3.14. The third kappa shape index (κ3) is 5.09. The van der Waals surface area contributed by atoms with Crippen molar-refractivity contribution in [1.29, 1.82) is 0 Å².